The van der Waals surface area contributed by atoms with Crippen LogP contribution in [0.15, 0.2) is 52.0 Å². The smallest absolute Gasteiger partial charge is 0.261 e. The fourth-order valence-corrected chi connectivity index (χ4v) is 3.25. The molecule has 1 heterocycles. The van der Waals surface area contributed by atoms with Crippen LogP contribution in [0, 0.1) is 0 Å². The first kappa shape index (κ1) is 19.9. The van der Waals surface area contributed by atoms with Crippen LogP contribution in [0.1, 0.15) is 12.0 Å². The molecule has 0 aliphatic heterocycles. The standard InChI is InChI=1S/C20H20BrN3O4/c1-27-17-5-3-4-13(19(17)28-2)11-22-18(25)8-9-24-12-23-16-7-6-14(21)10-15(16)20(24)26/h3-7,10,12H,8-9,11H2,1-2H3,(H,22,25). The van der Waals surface area contributed by atoms with E-state index in [0.29, 0.717) is 28.9 Å². The minimum absolute atomic E-state index is 0.160. The summed E-state index contributed by atoms with van der Waals surface area (Å²) in [7, 11) is 3.12. The predicted molar refractivity (Wildman–Crippen MR) is 110 cm³/mol. The third kappa shape index (κ3) is 4.33. The number of halogens is 1. The van der Waals surface area contributed by atoms with Crippen molar-refractivity contribution in [1.29, 1.82) is 0 Å². The van der Waals surface area contributed by atoms with Crippen molar-refractivity contribution in [3.63, 3.8) is 0 Å². The van der Waals surface area contributed by atoms with Crippen LogP contribution >= 0.6 is 15.9 Å². The molecule has 0 saturated carbocycles. The number of rotatable bonds is 7. The second-order valence-corrected chi connectivity index (χ2v) is 7.00. The van der Waals surface area contributed by atoms with Crippen LogP contribution in [0.2, 0.25) is 0 Å². The summed E-state index contributed by atoms with van der Waals surface area (Å²) < 4.78 is 12.9. The molecule has 3 aromatic rings. The molecule has 0 saturated heterocycles. The second-order valence-electron chi connectivity index (χ2n) is 6.08. The SMILES string of the molecule is COc1cccc(CNC(=O)CCn2cnc3ccc(Br)cc3c2=O)c1OC. The number of hydrogen-bond acceptors (Lipinski definition) is 5. The molecule has 1 aromatic heterocycles. The molecule has 2 aromatic carbocycles. The van der Waals surface area contributed by atoms with E-state index in [0.717, 1.165) is 10.0 Å². The molecule has 146 valence electrons. The number of carbonyl (C=O) groups is 1. The van der Waals surface area contributed by atoms with E-state index in [-0.39, 0.29) is 24.4 Å². The van der Waals surface area contributed by atoms with E-state index in [9.17, 15) is 9.59 Å². The molecule has 1 N–H and O–H groups in total. The first-order valence-corrected chi connectivity index (χ1v) is 9.44. The maximum absolute atomic E-state index is 12.6. The van der Waals surface area contributed by atoms with Crippen molar-refractivity contribution in [3.8, 4) is 11.5 Å². The monoisotopic (exact) mass is 445 g/mol. The minimum Gasteiger partial charge on any atom is -0.493 e. The lowest BCUT2D eigenvalue weighted by molar-refractivity contribution is -0.121. The molecule has 0 atom stereocenters. The van der Waals surface area contributed by atoms with Gasteiger partial charge in [-0.2, -0.15) is 0 Å². The number of aryl methyl sites for hydroxylation is 1. The number of nitrogens with zero attached hydrogens (tertiary/aromatic N) is 2. The van der Waals surface area contributed by atoms with E-state index in [1.54, 1.807) is 32.4 Å². The number of ether oxygens (including phenoxy) is 2. The lowest BCUT2D eigenvalue weighted by Gasteiger charge is -2.13. The molecule has 8 heteroatoms. The number of para-hydroxylation sites is 1. The quantitative estimate of drug-likeness (QED) is 0.604. The fourth-order valence-electron chi connectivity index (χ4n) is 2.89. The van der Waals surface area contributed by atoms with Gasteiger partial charge in [-0.15, -0.1) is 0 Å². The van der Waals surface area contributed by atoms with Gasteiger partial charge in [-0.1, -0.05) is 28.1 Å². The topological polar surface area (TPSA) is 82.5 Å². The molecule has 1 amide bonds. The summed E-state index contributed by atoms with van der Waals surface area (Å²) in [6.07, 6.45) is 1.63. The van der Waals surface area contributed by atoms with E-state index in [2.05, 4.69) is 26.2 Å². The molecule has 7 nitrogen and oxygen atoms in total. The Morgan fingerprint density at radius 3 is 2.79 bits per heavy atom. The van der Waals surface area contributed by atoms with Gasteiger partial charge in [0.2, 0.25) is 5.91 Å². The molecular weight excluding hydrogens is 426 g/mol. The summed E-state index contributed by atoms with van der Waals surface area (Å²) in [6.45, 7) is 0.548. The highest BCUT2D eigenvalue weighted by molar-refractivity contribution is 9.10. The van der Waals surface area contributed by atoms with E-state index in [1.807, 2.05) is 18.2 Å². The van der Waals surface area contributed by atoms with Gasteiger partial charge in [0.25, 0.3) is 5.56 Å². The Labute approximate surface area is 170 Å². The highest BCUT2D eigenvalue weighted by Gasteiger charge is 2.11. The number of nitrogens with one attached hydrogen (secondary N) is 1. The number of aromatic nitrogens is 2. The van der Waals surface area contributed by atoms with Crippen molar-refractivity contribution < 1.29 is 14.3 Å². The first-order chi connectivity index (χ1) is 13.5. The van der Waals surface area contributed by atoms with Gasteiger partial charge < -0.3 is 14.8 Å². The van der Waals surface area contributed by atoms with Crippen LogP contribution in [0.4, 0.5) is 0 Å². The highest BCUT2D eigenvalue weighted by atomic mass is 79.9. The maximum Gasteiger partial charge on any atom is 0.261 e. The molecule has 3 rings (SSSR count). The third-order valence-corrected chi connectivity index (χ3v) is 4.82. The van der Waals surface area contributed by atoms with Gasteiger partial charge in [0.15, 0.2) is 11.5 Å². The summed E-state index contributed by atoms with van der Waals surface area (Å²) in [5, 5.41) is 3.36. The van der Waals surface area contributed by atoms with Gasteiger partial charge in [0.05, 0.1) is 31.4 Å². The Hall–Kier alpha value is -2.87. The van der Waals surface area contributed by atoms with Crippen molar-refractivity contribution in [2.75, 3.05) is 14.2 Å². The third-order valence-electron chi connectivity index (χ3n) is 4.33. The molecular formula is C20H20BrN3O4. The van der Waals surface area contributed by atoms with Gasteiger partial charge in [0, 0.05) is 29.5 Å². The second kappa shape index (κ2) is 8.88. The van der Waals surface area contributed by atoms with Crippen molar-refractivity contribution >= 4 is 32.7 Å². The molecule has 0 aliphatic rings. The highest BCUT2D eigenvalue weighted by Crippen LogP contribution is 2.30. The van der Waals surface area contributed by atoms with E-state index >= 15 is 0 Å². The maximum atomic E-state index is 12.6. The van der Waals surface area contributed by atoms with Gasteiger partial charge >= 0.3 is 0 Å². The number of carbonyl (C=O) groups excluding carboxylic acids is 1. The van der Waals surface area contributed by atoms with Crippen LogP contribution in [-0.2, 0) is 17.9 Å². The largest absolute Gasteiger partial charge is 0.493 e. The average molecular weight is 446 g/mol. The number of amides is 1. The molecule has 28 heavy (non-hydrogen) atoms. The lowest BCUT2D eigenvalue weighted by atomic mass is 10.2. The Bertz CT molecular complexity index is 1060. The van der Waals surface area contributed by atoms with Crippen LogP contribution < -0.4 is 20.3 Å². The Balaban J connectivity index is 1.65. The molecule has 0 radical (unpaired) electrons. The normalized spacial score (nSPS) is 10.7. The summed E-state index contributed by atoms with van der Waals surface area (Å²) in [4.78, 5) is 29.1. The molecule has 0 unspecified atom stereocenters. The van der Waals surface area contributed by atoms with E-state index in [1.165, 1.54) is 10.9 Å². The Kier molecular flexibility index (Phi) is 6.30. The zero-order chi connectivity index (χ0) is 20.1. The molecule has 0 fully saturated rings. The van der Waals surface area contributed by atoms with Crippen LogP contribution in [0.3, 0.4) is 0 Å². The Morgan fingerprint density at radius 1 is 1.21 bits per heavy atom. The molecule has 0 aliphatic carbocycles. The zero-order valence-corrected chi connectivity index (χ0v) is 17.2. The van der Waals surface area contributed by atoms with Gasteiger partial charge in [-0.05, 0) is 24.3 Å². The van der Waals surface area contributed by atoms with Crippen LogP contribution in [-0.4, -0.2) is 29.7 Å². The predicted octanol–water partition coefficient (Wildman–Crippen LogP) is 2.88. The zero-order valence-electron chi connectivity index (χ0n) is 15.6. The number of fused-ring (bicyclic) bond motifs is 1. The average Bonchev–Trinajstić information content (AvgIpc) is 2.71. The van der Waals surface area contributed by atoms with Crippen molar-refractivity contribution in [2.45, 2.75) is 19.5 Å². The summed E-state index contributed by atoms with van der Waals surface area (Å²) >= 11 is 3.36. The summed E-state index contributed by atoms with van der Waals surface area (Å²) in [5.41, 5.74) is 1.26. The van der Waals surface area contributed by atoms with Gasteiger partial charge in [-0.3, -0.25) is 14.2 Å². The van der Waals surface area contributed by atoms with Crippen molar-refractivity contribution in [2.24, 2.45) is 0 Å². The van der Waals surface area contributed by atoms with Gasteiger partial charge in [-0.25, -0.2) is 4.98 Å². The molecule has 0 spiro atoms. The van der Waals surface area contributed by atoms with E-state index in [4.69, 9.17) is 9.47 Å². The number of hydrogen-bond donors (Lipinski definition) is 1. The van der Waals surface area contributed by atoms with Crippen LogP contribution in [0.25, 0.3) is 10.9 Å². The minimum atomic E-state index is -0.175. The van der Waals surface area contributed by atoms with Gasteiger partial charge in [0.1, 0.15) is 0 Å². The number of benzene rings is 2. The first-order valence-electron chi connectivity index (χ1n) is 8.64. The van der Waals surface area contributed by atoms with Crippen molar-refractivity contribution in [3.05, 3.63) is 63.1 Å². The Morgan fingerprint density at radius 2 is 2.04 bits per heavy atom. The van der Waals surface area contributed by atoms with E-state index < -0.39 is 0 Å². The van der Waals surface area contributed by atoms with Crippen molar-refractivity contribution in [1.82, 2.24) is 14.9 Å². The van der Waals surface area contributed by atoms with Crippen LogP contribution in [0.5, 0.6) is 11.5 Å². The fraction of sp³-hybridized carbons (Fsp3) is 0.250. The lowest BCUT2D eigenvalue weighted by Crippen LogP contribution is -2.27. The molecule has 0 bridgehead atoms. The summed E-state index contributed by atoms with van der Waals surface area (Å²) in [6, 6.07) is 10.8. The summed E-state index contributed by atoms with van der Waals surface area (Å²) in [5.74, 6) is 1.02. The number of methoxy groups -OCH3 is 2.